The average Bonchev–Trinajstić information content (AvgIpc) is 3.43. The Bertz CT molecular complexity index is 1970. The molecule has 15 heteroatoms. The fourth-order valence-corrected chi connectivity index (χ4v) is 10.8. The number of rotatable bonds is 16. The topological polar surface area (TPSA) is 187 Å². The lowest BCUT2D eigenvalue weighted by Crippen LogP contribution is -2.54. The lowest BCUT2D eigenvalue weighted by Gasteiger charge is -2.44. The molecule has 14 nitrogen and oxygen atoms in total. The van der Waals surface area contributed by atoms with E-state index < -0.39 is 44.1 Å². The third-order valence-electron chi connectivity index (χ3n) is 13.8. The second-order valence-electron chi connectivity index (χ2n) is 19.5. The summed E-state index contributed by atoms with van der Waals surface area (Å²) in [5.41, 5.74) is 1.58. The number of anilines is 1. The van der Waals surface area contributed by atoms with Crippen molar-refractivity contribution >= 4 is 55.6 Å². The van der Waals surface area contributed by atoms with Gasteiger partial charge in [-0.2, -0.15) is 0 Å². The number of hydrogen-bond donors (Lipinski definition) is 3. The van der Waals surface area contributed by atoms with E-state index in [-0.39, 0.29) is 95.0 Å². The number of allylic oxidation sites excluding steroid dienone is 3. The highest BCUT2D eigenvalue weighted by atomic mass is 28.4. The Hall–Kier alpha value is -4.63. The normalized spacial score (nSPS) is 27.5. The fraction of sp³-hybridized carbons (Fsp3) is 0.638. The molecule has 1 aromatic carbocycles. The lowest BCUT2D eigenvalue weighted by molar-refractivity contribution is -0.160. The Morgan fingerprint density at radius 2 is 1.71 bits per heavy atom. The van der Waals surface area contributed by atoms with Gasteiger partial charge in [-0.15, -0.1) is 0 Å². The maximum atomic E-state index is 13.3. The van der Waals surface area contributed by atoms with Gasteiger partial charge in [0.25, 0.3) is 11.8 Å². The van der Waals surface area contributed by atoms with Crippen molar-refractivity contribution in [2.75, 3.05) is 11.9 Å². The Labute approximate surface area is 366 Å². The van der Waals surface area contributed by atoms with Gasteiger partial charge in [-0.1, -0.05) is 78.2 Å². The van der Waals surface area contributed by atoms with Gasteiger partial charge in [0, 0.05) is 31.7 Å². The summed E-state index contributed by atoms with van der Waals surface area (Å²) in [5.74, 6) is -2.09. The van der Waals surface area contributed by atoms with E-state index in [1.807, 2.05) is 0 Å². The minimum Gasteiger partial charge on any atom is -0.462 e. The number of benzene rings is 1. The fourth-order valence-electron chi connectivity index (χ4n) is 9.45. The van der Waals surface area contributed by atoms with E-state index in [4.69, 9.17) is 13.9 Å². The van der Waals surface area contributed by atoms with Crippen LogP contribution in [0.15, 0.2) is 42.0 Å². The van der Waals surface area contributed by atoms with Gasteiger partial charge in [0.15, 0.2) is 8.32 Å². The molecule has 2 saturated heterocycles. The van der Waals surface area contributed by atoms with Gasteiger partial charge in [-0.25, -0.2) is 4.79 Å². The summed E-state index contributed by atoms with van der Waals surface area (Å²) in [6, 6.07) is 3.54. The Morgan fingerprint density at radius 1 is 0.968 bits per heavy atom. The molecule has 0 radical (unpaired) electrons. The van der Waals surface area contributed by atoms with E-state index in [1.165, 1.54) is 11.6 Å². The molecule has 3 heterocycles. The molecule has 2 fully saturated rings. The summed E-state index contributed by atoms with van der Waals surface area (Å²) in [4.78, 5) is 90.1. The molecule has 3 N–H and O–H groups in total. The highest BCUT2D eigenvalue weighted by molar-refractivity contribution is 6.74. The van der Waals surface area contributed by atoms with Crippen molar-refractivity contribution in [2.45, 2.75) is 161 Å². The molecule has 62 heavy (non-hydrogen) atoms. The van der Waals surface area contributed by atoms with Crippen LogP contribution in [0.1, 0.15) is 139 Å². The molecule has 0 aromatic heterocycles. The van der Waals surface area contributed by atoms with Crippen LogP contribution in [-0.2, 0) is 33.1 Å². The Balaban J connectivity index is 0.910. The van der Waals surface area contributed by atoms with Crippen molar-refractivity contribution in [2.24, 2.45) is 23.7 Å². The minimum absolute atomic E-state index is 0.0213. The molecule has 3 aliphatic heterocycles. The Morgan fingerprint density at radius 3 is 2.45 bits per heavy atom. The number of carbonyl (C=O) groups is 7. The van der Waals surface area contributed by atoms with Crippen molar-refractivity contribution in [1.82, 2.24) is 15.5 Å². The van der Waals surface area contributed by atoms with Gasteiger partial charge in [-0.05, 0) is 92.1 Å². The highest BCUT2D eigenvalue weighted by Gasteiger charge is 2.47. The van der Waals surface area contributed by atoms with Crippen LogP contribution in [0.2, 0.25) is 18.1 Å². The SMILES string of the molecule is C[C@H]1C=C2C=C[C@H](C)[C@H](CC[C@@H]3C[C@@H](O[Si](C)(C)C(C)(C)C)CC(=O)O3)[C@H]2[C@@H](OC(=O)NCCCCCCCC(=O)Nc2cccc3c2C(=O)N(C2CCC(=O)NC2=O)C3=O)C1. The van der Waals surface area contributed by atoms with Crippen LogP contribution >= 0.6 is 0 Å². The molecular weight excluding hydrogens is 809 g/mol. The number of hydrogen-bond acceptors (Lipinski definition) is 10. The molecule has 5 aliphatic rings. The number of nitrogens with one attached hydrogen (secondary N) is 3. The smallest absolute Gasteiger partial charge is 0.407 e. The summed E-state index contributed by atoms with van der Waals surface area (Å²) in [5, 5.41) is 7.96. The van der Waals surface area contributed by atoms with Crippen molar-refractivity contribution in [3.8, 4) is 0 Å². The molecule has 1 aromatic rings. The minimum atomic E-state index is -2.04. The van der Waals surface area contributed by atoms with Crippen LogP contribution in [0.3, 0.4) is 0 Å². The van der Waals surface area contributed by atoms with Crippen LogP contribution in [0.25, 0.3) is 0 Å². The first-order valence-electron chi connectivity index (χ1n) is 22.7. The number of ether oxygens (including phenoxy) is 2. The van der Waals surface area contributed by atoms with Gasteiger partial charge < -0.3 is 24.5 Å². The van der Waals surface area contributed by atoms with Crippen LogP contribution < -0.4 is 16.0 Å². The number of esters is 1. The van der Waals surface area contributed by atoms with Gasteiger partial charge >= 0.3 is 12.1 Å². The summed E-state index contributed by atoms with van der Waals surface area (Å²) in [6.45, 7) is 15.9. The molecule has 338 valence electrons. The predicted octanol–water partition coefficient (Wildman–Crippen LogP) is 7.74. The number of fused-ring (bicyclic) bond motifs is 2. The van der Waals surface area contributed by atoms with Gasteiger partial charge in [0.2, 0.25) is 17.7 Å². The number of alkyl carbamates (subject to hydrolysis) is 1. The first-order valence-corrected chi connectivity index (χ1v) is 25.6. The molecule has 2 aliphatic carbocycles. The predicted molar refractivity (Wildman–Crippen MR) is 235 cm³/mol. The van der Waals surface area contributed by atoms with Crippen LogP contribution in [0.5, 0.6) is 0 Å². The summed E-state index contributed by atoms with van der Waals surface area (Å²) >= 11 is 0. The molecule has 0 spiro atoms. The molecule has 6 amide bonds. The molecule has 8 atom stereocenters. The first kappa shape index (κ1) is 46.9. The lowest BCUT2D eigenvalue weighted by atomic mass is 9.65. The van der Waals surface area contributed by atoms with Gasteiger partial charge in [-0.3, -0.25) is 39.0 Å². The van der Waals surface area contributed by atoms with Crippen LogP contribution in [0.4, 0.5) is 10.5 Å². The summed E-state index contributed by atoms with van der Waals surface area (Å²) < 4.78 is 18.7. The van der Waals surface area contributed by atoms with E-state index >= 15 is 0 Å². The van der Waals surface area contributed by atoms with Crippen LogP contribution in [-0.4, -0.2) is 85.7 Å². The number of nitrogens with zero attached hydrogens (tertiary/aromatic N) is 1. The zero-order valence-electron chi connectivity index (χ0n) is 37.5. The number of imide groups is 2. The zero-order chi connectivity index (χ0) is 44.9. The van der Waals surface area contributed by atoms with Crippen molar-refractivity contribution < 1.29 is 47.5 Å². The molecule has 0 saturated carbocycles. The standard InChI is InChI=1S/C47H66N4O10Si/c1-28-24-30-18-17-29(2)33(20-19-31-26-32(27-40(54)59-31)61-62(6,7)47(3,4)5)41(30)37(25-28)60-46(58)48-23-12-10-8-9-11-16-38(52)49-35-15-13-14-34-42(35)45(57)51(44(34)56)36-21-22-39(53)50-43(36)55/h13-15,17-18,24,28-29,31-33,36-37,41H,8-12,16,19-23,25-27H2,1-7H3,(H,48,58)(H,49,52)(H,50,53,55)/t28-,29-,31+,32+,33-,36?,37-,41-/m0/s1. The monoisotopic (exact) mass is 874 g/mol. The second kappa shape index (κ2) is 19.8. The van der Waals surface area contributed by atoms with E-state index in [9.17, 15) is 33.6 Å². The third kappa shape index (κ3) is 11.1. The maximum Gasteiger partial charge on any atom is 0.407 e. The zero-order valence-corrected chi connectivity index (χ0v) is 38.5. The number of unbranched alkanes of at least 4 members (excludes halogenated alkanes) is 4. The van der Waals surface area contributed by atoms with Crippen molar-refractivity contribution in [1.29, 1.82) is 0 Å². The summed E-state index contributed by atoms with van der Waals surface area (Å²) in [6.07, 6.45) is 13.2. The average molecular weight is 875 g/mol. The van der Waals surface area contributed by atoms with Crippen LogP contribution in [0, 0.1) is 23.7 Å². The second-order valence-corrected chi connectivity index (χ2v) is 24.3. The first-order chi connectivity index (χ1) is 29.3. The third-order valence-corrected chi connectivity index (χ3v) is 18.3. The van der Waals surface area contributed by atoms with Gasteiger partial charge in [0.1, 0.15) is 18.2 Å². The molecule has 0 bridgehead atoms. The number of piperidine rings is 1. The van der Waals surface area contributed by atoms with E-state index in [1.54, 1.807) is 12.1 Å². The Kier molecular flexibility index (Phi) is 15.0. The van der Waals surface area contributed by atoms with E-state index in [2.05, 4.69) is 81.9 Å². The number of carbonyl (C=O) groups excluding carboxylic acids is 7. The molecular formula is C47H66N4O10Si. The largest absolute Gasteiger partial charge is 0.462 e. The molecule has 6 rings (SSSR count). The molecule has 1 unspecified atom stereocenters. The van der Waals surface area contributed by atoms with Gasteiger partial charge in [0.05, 0.1) is 29.3 Å². The van der Waals surface area contributed by atoms with E-state index in [0.717, 1.165) is 49.8 Å². The summed E-state index contributed by atoms with van der Waals surface area (Å²) in [7, 11) is -2.04. The number of amides is 6. The maximum absolute atomic E-state index is 13.3. The van der Waals surface area contributed by atoms with Crippen molar-refractivity contribution in [3.05, 3.63) is 53.1 Å². The highest BCUT2D eigenvalue weighted by Crippen LogP contribution is 2.46. The number of cyclic esters (lactones) is 1. The van der Waals surface area contributed by atoms with Crippen molar-refractivity contribution in [3.63, 3.8) is 0 Å². The quantitative estimate of drug-likeness (QED) is 0.0642. The van der Waals surface area contributed by atoms with E-state index in [0.29, 0.717) is 25.8 Å².